The maximum absolute atomic E-state index is 12.3. The lowest BCUT2D eigenvalue weighted by atomic mass is 9.92. The van der Waals surface area contributed by atoms with Crippen LogP contribution in [0.4, 0.5) is 0 Å². The Hall–Kier alpha value is -1.61. The lowest BCUT2D eigenvalue weighted by Gasteiger charge is -2.36. The summed E-state index contributed by atoms with van der Waals surface area (Å²) in [7, 11) is 0. The third-order valence-corrected chi connectivity index (χ3v) is 4.98. The predicted octanol–water partition coefficient (Wildman–Crippen LogP) is 3.94. The van der Waals surface area contributed by atoms with Crippen molar-refractivity contribution in [1.82, 2.24) is 4.90 Å². The first-order chi connectivity index (χ1) is 9.70. The fraction of sp³-hybridized carbons (Fsp3) is 0.353. The number of carbonyl (C=O) groups is 1. The molecular formula is C17H19NOS. The van der Waals surface area contributed by atoms with E-state index in [-0.39, 0.29) is 11.9 Å². The summed E-state index contributed by atoms with van der Waals surface area (Å²) in [6.45, 7) is 4.87. The van der Waals surface area contributed by atoms with Crippen LogP contribution in [0.2, 0.25) is 0 Å². The molecule has 0 spiro atoms. The second-order valence-electron chi connectivity index (χ2n) is 5.30. The maximum Gasteiger partial charge on any atom is 0.223 e. The van der Waals surface area contributed by atoms with Gasteiger partial charge in [-0.05, 0) is 35.9 Å². The normalized spacial score (nSPS) is 17.9. The van der Waals surface area contributed by atoms with Crippen LogP contribution in [0.25, 0.3) is 0 Å². The Morgan fingerprint density at radius 1 is 1.30 bits per heavy atom. The number of hydrogen-bond donors (Lipinski definition) is 0. The summed E-state index contributed by atoms with van der Waals surface area (Å²) in [6.07, 6.45) is 1.56. The van der Waals surface area contributed by atoms with Crippen LogP contribution in [0.5, 0.6) is 0 Å². The number of amides is 1. The molecule has 1 aliphatic heterocycles. The fourth-order valence-electron chi connectivity index (χ4n) is 2.90. The van der Waals surface area contributed by atoms with E-state index in [0.717, 1.165) is 13.0 Å². The van der Waals surface area contributed by atoms with Crippen LogP contribution >= 0.6 is 11.3 Å². The first-order valence-corrected chi connectivity index (χ1v) is 8.01. The van der Waals surface area contributed by atoms with Crippen molar-refractivity contribution in [2.75, 3.05) is 6.54 Å². The Bertz CT molecular complexity index is 614. The summed E-state index contributed by atoms with van der Waals surface area (Å²) in [5.41, 5.74) is 3.78. The topological polar surface area (TPSA) is 20.3 Å². The minimum Gasteiger partial charge on any atom is -0.331 e. The Labute approximate surface area is 124 Å². The Morgan fingerprint density at radius 3 is 2.75 bits per heavy atom. The van der Waals surface area contributed by atoms with E-state index in [1.807, 2.05) is 23.2 Å². The standard InChI is InChI=1S/C17H19NOS/c1-3-16(19)18-10-8-15-14(9-11-20-15)17(18)13-6-4-12(2)5-7-13/h4-7,9,11,17H,3,8,10H2,1-2H3/t17-/m0/s1. The highest BCUT2D eigenvalue weighted by molar-refractivity contribution is 7.10. The summed E-state index contributed by atoms with van der Waals surface area (Å²) < 4.78 is 0. The van der Waals surface area contributed by atoms with Crippen molar-refractivity contribution in [2.24, 2.45) is 0 Å². The molecule has 0 saturated heterocycles. The van der Waals surface area contributed by atoms with E-state index in [0.29, 0.717) is 6.42 Å². The number of aryl methyl sites for hydroxylation is 1. The van der Waals surface area contributed by atoms with Crippen molar-refractivity contribution in [3.05, 3.63) is 57.3 Å². The summed E-state index contributed by atoms with van der Waals surface area (Å²) in [4.78, 5) is 15.7. The molecule has 3 heteroatoms. The van der Waals surface area contributed by atoms with Gasteiger partial charge in [0.05, 0.1) is 6.04 Å². The third kappa shape index (κ3) is 2.27. The van der Waals surface area contributed by atoms with E-state index in [1.54, 1.807) is 0 Å². The number of carbonyl (C=O) groups excluding carboxylic acids is 1. The molecule has 1 amide bonds. The molecule has 0 aliphatic carbocycles. The monoisotopic (exact) mass is 285 g/mol. The van der Waals surface area contributed by atoms with Gasteiger partial charge in [0.25, 0.3) is 0 Å². The van der Waals surface area contributed by atoms with Crippen molar-refractivity contribution in [3.8, 4) is 0 Å². The lowest BCUT2D eigenvalue weighted by molar-refractivity contribution is -0.132. The molecule has 3 rings (SSSR count). The molecule has 1 aromatic carbocycles. The summed E-state index contributed by atoms with van der Waals surface area (Å²) in [5, 5.41) is 2.14. The van der Waals surface area contributed by atoms with Gasteiger partial charge in [0, 0.05) is 17.8 Å². The first-order valence-electron chi connectivity index (χ1n) is 7.13. The van der Waals surface area contributed by atoms with Crippen LogP contribution in [0.3, 0.4) is 0 Å². The Morgan fingerprint density at radius 2 is 2.05 bits per heavy atom. The minimum absolute atomic E-state index is 0.0954. The Kier molecular flexibility index (Phi) is 3.62. The number of nitrogens with zero attached hydrogens (tertiary/aromatic N) is 1. The quantitative estimate of drug-likeness (QED) is 0.818. The highest BCUT2D eigenvalue weighted by atomic mass is 32.1. The smallest absolute Gasteiger partial charge is 0.223 e. The molecule has 1 aromatic heterocycles. The minimum atomic E-state index is 0.0954. The third-order valence-electron chi connectivity index (χ3n) is 3.98. The second kappa shape index (κ2) is 5.41. The van der Waals surface area contributed by atoms with Crippen LogP contribution in [0, 0.1) is 6.92 Å². The molecule has 0 bridgehead atoms. The van der Waals surface area contributed by atoms with Gasteiger partial charge in [-0.25, -0.2) is 0 Å². The van der Waals surface area contributed by atoms with Crippen molar-refractivity contribution in [3.63, 3.8) is 0 Å². The van der Waals surface area contributed by atoms with Gasteiger partial charge in [-0.15, -0.1) is 11.3 Å². The van der Waals surface area contributed by atoms with E-state index in [4.69, 9.17) is 0 Å². The largest absolute Gasteiger partial charge is 0.331 e. The zero-order chi connectivity index (χ0) is 14.1. The van der Waals surface area contributed by atoms with Crippen LogP contribution in [-0.2, 0) is 11.2 Å². The van der Waals surface area contributed by atoms with Gasteiger partial charge in [0.15, 0.2) is 0 Å². The SMILES string of the molecule is CCC(=O)N1CCc2sccc2[C@@H]1c1ccc(C)cc1. The number of thiophene rings is 1. The molecule has 0 N–H and O–H groups in total. The molecule has 1 aliphatic rings. The van der Waals surface area contributed by atoms with Crippen molar-refractivity contribution < 1.29 is 4.79 Å². The fourth-order valence-corrected chi connectivity index (χ4v) is 3.80. The number of fused-ring (bicyclic) bond motifs is 1. The van der Waals surface area contributed by atoms with E-state index in [9.17, 15) is 4.79 Å². The molecule has 0 radical (unpaired) electrons. The van der Waals surface area contributed by atoms with E-state index in [1.165, 1.54) is 21.6 Å². The predicted molar refractivity (Wildman–Crippen MR) is 83.0 cm³/mol. The summed E-state index contributed by atoms with van der Waals surface area (Å²) >= 11 is 1.81. The van der Waals surface area contributed by atoms with Gasteiger partial charge in [0.1, 0.15) is 0 Å². The van der Waals surface area contributed by atoms with Gasteiger partial charge in [-0.1, -0.05) is 36.8 Å². The molecule has 0 saturated carbocycles. The zero-order valence-electron chi connectivity index (χ0n) is 11.9. The maximum atomic E-state index is 12.3. The van der Waals surface area contributed by atoms with Crippen molar-refractivity contribution in [2.45, 2.75) is 32.7 Å². The number of benzene rings is 1. The molecule has 104 valence electrons. The first kappa shape index (κ1) is 13.4. The Balaban J connectivity index is 2.06. The van der Waals surface area contributed by atoms with E-state index in [2.05, 4.69) is 42.6 Å². The molecule has 0 fully saturated rings. The highest BCUT2D eigenvalue weighted by Gasteiger charge is 2.31. The zero-order valence-corrected chi connectivity index (χ0v) is 12.7. The molecule has 2 aromatic rings. The summed E-state index contributed by atoms with van der Waals surface area (Å²) in [5.74, 6) is 0.243. The molecule has 2 heterocycles. The molecule has 1 atom stereocenters. The van der Waals surface area contributed by atoms with Crippen molar-refractivity contribution >= 4 is 17.2 Å². The molecule has 0 unspecified atom stereocenters. The number of rotatable bonds is 2. The lowest BCUT2D eigenvalue weighted by Crippen LogP contribution is -2.39. The van der Waals surface area contributed by atoms with Gasteiger partial charge < -0.3 is 4.90 Å². The van der Waals surface area contributed by atoms with Crippen LogP contribution in [-0.4, -0.2) is 17.4 Å². The van der Waals surface area contributed by atoms with E-state index >= 15 is 0 Å². The van der Waals surface area contributed by atoms with Gasteiger partial charge in [-0.3, -0.25) is 4.79 Å². The number of hydrogen-bond acceptors (Lipinski definition) is 2. The van der Waals surface area contributed by atoms with Crippen LogP contribution in [0.1, 0.15) is 41.0 Å². The molecular weight excluding hydrogens is 266 g/mol. The average molecular weight is 285 g/mol. The van der Waals surface area contributed by atoms with Crippen molar-refractivity contribution in [1.29, 1.82) is 0 Å². The van der Waals surface area contributed by atoms with E-state index < -0.39 is 0 Å². The molecule has 20 heavy (non-hydrogen) atoms. The van der Waals surface area contributed by atoms with Gasteiger partial charge in [-0.2, -0.15) is 0 Å². The summed E-state index contributed by atoms with van der Waals surface area (Å²) in [6, 6.07) is 10.8. The van der Waals surface area contributed by atoms with Crippen LogP contribution in [0.15, 0.2) is 35.7 Å². The second-order valence-corrected chi connectivity index (χ2v) is 6.30. The molecule has 2 nitrogen and oxygen atoms in total. The highest BCUT2D eigenvalue weighted by Crippen LogP contribution is 2.38. The van der Waals surface area contributed by atoms with Gasteiger partial charge >= 0.3 is 0 Å². The van der Waals surface area contributed by atoms with Gasteiger partial charge in [0.2, 0.25) is 5.91 Å². The van der Waals surface area contributed by atoms with Crippen LogP contribution < -0.4 is 0 Å². The average Bonchev–Trinajstić information content (AvgIpc) is 2.95.